The molecule has 0 unspecified atom stereocenters. The number of imide groups is 1. The molecule has 1 aliphatic heterocycles. The first kappa shape index (κ1) is 18.2. The minimum atomic E-state index is -0.959. The van der Waals surface area contributed by atoms with Crippen LogP contribution >= 0.6 is 0 Å². The van der Waals surface area contributed by atoms with E-state index in [9.17, 15) is 14.4 Å². The third-order valence-electron chi connectivity index (χ3n) is 2.87. The first-order chi connectivity index (χ1) is 9.87. The number of amides is 2. The largest absolute Gasteiger partial charge is 0.458 e. The molecule has 1 fully saturated rings. The average molecular weight is 311 g/mol. The number of ether oxygens (including phenoxy) is 2. The topological polar surface area (TPSA) is 72.9 Å². The minimum absolute atomic E-state index is 0.308. The van der Waals surface area contributed by atoms with Crippen molar-refractivity contribution in [1.82, 2.24) is 4.90 Å². The molecule has 1 aliphatic rings. The number of allylic oxidation sites excluding steroid dienone is 1. The lowest BCUT2D eigenvalue weighted by atomic mass is 9.85. The molecule has 0 spiro atoms. The van der Waals surface area contributed by atoms with Crippen LogP contribution in [0.25, 0.3) is 0 Å². The summed E-state index contributed by atoms with van der Waals surface area (Å²) in [6.45, 7) is 13.8. The van der Waals surface area contributed by atoms with Gasteiger partial charge in [0.1, 0.15) is 11.2 Å². The third kappa shape index (κ3) is 4.32. The van der Waals surface area contributed by atoms with Crippen LogP contribution in [0.1, 0.15) is 48.0 Å². The second kappa shape index (κ2) is 6.10. The van der Waals surface area contributed by atoms with E-state index in [1.807, 2.05) is 0 Å². The molecule has 0 radical (unpaired) electrons. The van der Waals surface area contributed by atoms with E-state index < -0.39 is 41.1 Å². The number of hydrogen-bond donors (Lipinski definition) is 0. The summed E-state index contributed by atoms with van der Waals surface area (Å²) < 4.78 is 10.5. The van der Waals surface area contributed by atoms with Gasteiger partial charge in [-0.2, -0.15) is 0 Å². The Bertz CT molecular complexity index is 484. The molecule has 6 nitrogen and oxygen atoms in total. The van der Waals surface area contributed by atoms with E-state index in [1.54, 1.807) is 47.6 Å². The summed E-state index contributed by atoms with van der Waals surface area (Å²) in [7, 11) is 0. The van der Waals surface area contributed by atoms with Crippen LogP contribution in [0.2, 0.25) is 0 Å². The van der Waals surface area contributed by atoms with Crippen molar-refractivity contribution in [1.29, 1.82) is 0 Å². The maximum Gasteiger partial charge on any atom is 0.417 e. The zero-order chi connectivity index (χ0) is 17.3. The number of esters is 1. The lowest BCUT2D eigenvalue weighted by Crippen LogP contribution is -2.67. The molecule has 0 aromatic rings. The van der Waals surface area contributed by atoms with Gasteiger partial charge in [0.25, 0.3) is 0 Å². The number of carbonyl (C=O) groups excluding carboxylic acids is 3. The Morgan fingerprint density at radius 3 is 2.05 bits per heavy atom. The maximum absolute atomic E-state index is 12.3. The van der Waals surface area contributed by atoms with Gasteiger partial charge in [-0.15, -0.1) is 6.58 Å². The van der Waals surface area contributed by atoms with Crippen LogP contribution in [0.5, 0.6) is 0 Å². The van der Waals surface area contributed by atoms with Crippen LogP contribution in [0, 0.1) is 5.92 Å². The van der Waals surface area contributed by atoms with Crippen molar-refractivity contribution < 1.29 is 23.9 Å². The van der Waals surface area contributed by atoms with E-state index in [1.165, 1.54) is 0 Å². The first-order valence-electron chi connectivity index (χ1n) is 7.27. The van der Waals surface area contributed by atoms with Crippen LogP contribution < -0.4 is 0 Å². The van der Waals surface area contributed by atoms with E-state index in [2.05, 4.69) is 6.58 Å². The van der Waals surface area contributed by atoms with E-state index >= 15 is 0 Å². The van der Waals surface area contributed by atoms with Gasteiger partial charge in [0.2, 0.25) is 5.91 Å². The molecular formula is C16H25NO5. The van der Waals surface area contributed by atoms with Crippen molar-refractivity contribution in [3.05, 3.63) is 12.7 Å². The van der Waals surface area contributed by atoms with Crippen molar-refractivity contribution in [3.63, 3.8) is 0 Å². The second-order valence-electron chi connectivity index (χ2n) is 7.30. The molecule has 0 N–H and O–H groups in total. The quantitative estimate of drug-likeness (QED) is 0.455. The van der Waals surface area contributed by atoms with Crippen molar-refractivity contribution in [2.75, 3.05) is 0 Å². The minimum Gasteiger partial charge on any atom is -0.458 e. The van der Waals surface area contributed by atoms with Gasteiger partial charge in [0, 0.05) is 0 Å². The normalized spacial score (nSPS) is 21.9. The molecule has 22 heavy (non-hydrogen) atoms. The number of rotatable bonds is 3. The van der Waals surface area contributed by atoms with Gasteiger partial charge in [-0.3, -0.25) is 4.79 Å². The van der Waals surface area contributed by atoms with Crippen LogP contribution in [-0.2, 0) is 19.1 Å². The Morgan fingerprint density at radius 1 is 1.14 bits per heavy atom. The predicted molar refractivity (Wildman–Crippen MR) is 81.0 cm³/mol. The van der Waals surface area contributed by atoms with Gasteiger partial charge in [-0.1, -0.05) is 6.08 Å². The molecule has 1 saturated heterocycles. The highest BCUT2D eigenvalue weighted by atomic mass is 16.6. The SMILES string of the molecule is C=CC[C@H]1C(=O)N(C(=O)OC(C)(C)C)[C@@H]1C(=O)OC(C)(C)C. The van der Waals surface area contributed by atoms with E-state index in [0.29, 0.717) is 6.42 Å². The lowest BCUT2D eigenvalue weighted by molar-refractivity contribution is -0.179. The molecule has 0 aromatic carbocycles. The summed E-state index contributed by atoms with van der Waals surface area (Å²) in [6, 6.07) is -0.959. The Labute approximate surface area is 131 Å². The molecule has 0 bridgehead atoms. The third-order valence-corrected chi connectivity index (χ3v) is 2.87. The zero-order valence-electron chi connectivity index (χ0n) is 14.1. The molecule has 0 saturated carbocycles. The molecule has 0 aromatic heterocycles. The monoisotopic (exact) mass is 311 g/mol. The summed E-state index contributed by atoms with van der Waals surface area (Å²) in [6.07, 6.45) is 1.03. The van der Waals surface area contributed by atoms with Crippen LogP contribution in [-0.4, -0.2) is 40.1 Å². The molecule has 1 heterocycles. The number of nitrogens with zero attached hydrogens (tertiary/aromatic N) is 1. The van der Waals surface area contributed by atoms with Crippen LogP contribution in [0.4, 0.5) is 4.79 Å². The van der Waals surface area contributed by atoms with Crippen molar-refractivity contribution in [3.8, 4) is 0 Å². The molecule has 0 aliphatic carbocycles. The Balaban J connectivity index is 2.95. The highest BCUT2D eigenvalue weighted by molar-refractivity contribution is 6.06. The molecular weight excluding hydrogens is 286 g/mol. The number of likely N-dealkylation sites (tertiary alicyclic amines) is 1. The lowest BCUT2D eigenvalue weighted by Gasteiger charge is -2.44. The number of hydrogen-bond acceptors (Lipinski definition) is 5. The van der Waals surface area contributed by atoms with Gasteiger partial charge in [-0.25, -0.2) is 14.5 Å². The summed E-state index contributed by atoms with van der Waals surface area (Å²) >= 11 is 0. The summed E-state index contributed by atoms with van der Waals surface area (Å²) in [5.41, 5.74) is -1.45. The van der Waals surface area contributed by atoms with Crippen molar-refractivity contribution in [2.45, 2.75) is 65.2 Å². The van der Waals surface area contributed by atoms with Crippen molar-refractivity contribution >= 4 is 18.0 Å². The Hall–Kier alpha value is -1.85. The van der Waals surface area contributed by atoms with Gasteiger partial charge in [0.05, 0.1) is 5.92 Å². The van der Waals surface area contributed by atoms with Gasteiger partial charge >= 0.3 is 12.1 Å². The Morgan fingerprint density at radius 2 is 1.64 bits per heavy atom. The van der Waals surface area contributed by atoms with Crippen LogP contribution in [0.3, 0.4) is 0 Å². The average Bonchev–Trinajstić information content (AvgIpc) is 2.27. The molecule has 6 heteroatoms. The zero-order valence-corrected chi connectivity index (χ0v) is 14.1. The van der Waals surface area contributed by atoms with Gasteiger partial charge < -0.3 is 9.47 Å². The molecule has 124 valence electrons. The molecule has 2 atom stereocenters. The van der Waals surface area contributed by atoms with Crippen LogP contribution in [0.15, 0.2) is 12.7 Å². The summed E-state index contributed by atoms with van der Waals surface area (Å²) in [5, 5.41) is 0. The van der Waals surface area contributed by atoms with Gasteiger partial charge in [-0.05, 0) is 48.0 Å². The molecule has 1 rings (SSSR count). The standard InChI is InChI=1S/C16H25NO5/c1-8-9-10-11(13(19)21-15(2,3)4)17(12(10)18)14(20)22-16(5,6)7/h8,10-11H,1,9H2,2-7H3/t10-,11+/m1/s1. The second-order valence-corrected chi connectivity index (χ2v) is 7.30. The fourth-order valence-electron chi connectivity index (χ4n) is 2.10. The van der Waals surface area contributed by atoms with Gasteiger partial charge in [0.15, 0.2) is 6.04 Å². The number of carbonyl (C=O) groups is 3. The molecule has 2 amide bonds. The smallest absolute Gasteiger partial charge is 0.417 e. The van der Waals surface area contributed by atoms with E-state index in [4.69, 9.17) is 9.47 Å². The highest BCUT2D eigenvalue weighted by Crippen LogP contribution is 2.33. The maximum atomic E-state index is 12.3. The summed E-state index contributed by atoms with van der Waals surface area (Å²) in [5.74, 6) is -1.67. The first-order valence-corrected chi connectivity index (χ1v) is 7.27. The predicted octanol–water partition coefficient (Wildman–Crippen LogP) is 2.67. The van der Waals surface area contributed by atoms with Crippen molar-refractivity contribution in [2.24, 2.45) is 5.92 Å². The van der Waals surface area contributed by atoms with E-state index in [-0.39, 0.29) is 0 Å². The number of β-lactam (4-membered cyclic amide) rings is 1. The summed E-state index contributed by atoms with van der Waals surface area (Å²) in [4.78, 5) is 37.4. The Kier molecular flexibility index (Phi) is 5.05. The fraction of sp³-hybridized carbons (Fsp3) is 0.688. The highest BCUT2D eigenvalue weighted by Gasteiger charge is 2.56. The fourth-order valence-corrected chi connectivity index (χ4v) is 2.10. The van der Waals surface area contributed by atoms with E-state index in [0.717, 1.165) is 4.90 Å².